The lowest BCUT2D eigenvalue weighted by Crippen LogP contribution is -2.18. The van der Waals surface area contributed by atoms with Crippen molar-refractivity contribution in [1.82, 2.24) is 4.98 Å². The van der Waals surface area contributed by atoms with E-state index in [4.69, 9.17) is 0 Å². The molecule has 0 saturated heterocycles. The Hall–Kier alpha value is -1.91. The quantitative estimate of drug-likeness (QED) is 0.786. The molecule has 5 nitrogen and oxygen atoms in total. The number of pyridine rings is 1. The SMILES string of the molecule is COC(=O)c1ccc(NC(=O)C(C)C)nc1. The summed E-state index contributed by atoms with van der Waals surface area (Å²) in [6.45, 7) is 3.58. The molecule has 1 N–H and O–H groups in total. The highest BCUT2D eigenvalue weighted by Crippen LogP contribution is 2.07. The highest BCUT2D eigenvalue weighted by Gasteiger charge is 2.09. The van der Waals surface area contributed by atoms with Gasteiger partial charge in [0.1, 0.15) is 5.82 Å². The summed E-state index contributed by atoms with van der Waals surface area (Å²) in [4.78, 5) is 26.4. The van der Waals surface area contributed by atoms with Crippen LogP contribution in [0.4, 0.5) is 5.82 Å². The molecule has 86 valence electrons. The number of aromatic nitrogens is 1. The van der Waals surface area contributed by atoms with Crippen LogP contribution in [0.5, 0.6) is 0 Å². The van der Waals surface area contributed by atoms with E-state index in [0.717, 1.165) is 0 Å². The maximum atomic E-state index is 11.3. The van der Waals surface area contributed by atoms with Gasteiger partial charge < -0.3 is 10.1 Å². The molecule has 0 aliphatic heterocycles. The summed E-state index contributed by atoms with van der Waals surface area (Å²) in [7, 11) is 1.30. The molecule has 0 radical (unpaired) electrons. The van der Waals surface area contributed by atoms with E-state index in [9.17, 15) is 9.59 Å². The molecule has 0 aliphatic rings. The second-order valence-corrected chi connectivity index (χ2v) is 3.57. The first kappa shape index (κ1) is 12.2. The average molecular weight is 222 g/mol. The maximum Gasteiger partial charge on any atom is 0.339 e. The summed E-state index contributed by atoms with van der Waals surface area (Å²) in [6, 6.07) is 3.11. The van der Waals surface area contributed by atoms with Crippen molar-refractivity contribution in [2.24, 2.45) is 5.92 Å². The van der Waals surface area contributed by atoms with E-state index >= 15 is 0 Å². The molecule has 16 heavy (non-hydrogen) atoms. The summed E-state index contributed by atoms with van der Waals surface area (Å²) in [6.07, 6.45) is 1.36. The summed E-state index contributed by atoms with van der Waals surface area (Å²) in [5.41, 5.74) is 0.352. The number of hydrogen-bond acceptors (Lipinski definition) is 4. The van der Waals surface area contributed by atoms with Gasteiger partial charge in [0.15, 0.2) is 0 Å². The minimum atomic E-state index is -0.450. The van der Waals surface area contributed by atoms with E-state index in [-0.39, 0.29) is 11.8 Å². The van der Waals surface area contributed by atoms with Crippen molar-refractivity contribution >= 4 is 17.7 Å². The van der Waals surface area contributed by atoms with E-state index in [1.54, 1.807) is 26.0 Å². The third-order valence-corrected chi connectivity index (χ3v) is 1.96. The number of esters is 1. The second-order valence-electron chi connectivity index (χ2n) is 3.57. The number of methoxy groups -OCH3 is 1. The van der Waals surface area contributed by atoms with E-state index < -0.39 is 5.97 Å². The monoisotopic (exact) mass is 222 g/mol. The molecule has 0 fully saturated rings. The number of rotatable bonds is 3. The fourth-order valence-corrected chi connectivity index (χ4v) is 0.977. The molecule has 1 aromatic rings. The van der Waals surface area contributed by atoms with Crippen LogP contribution in [0.15, 0.2) is 18.3 Å². The van der Waals surface area contributed by atoms with Gasteiger partial charge in [0.05, 0.1) is 12.7 Å². The fourth-order valence-electron chi connectivity index (χ4n) is 0.977. The number of amides is 1. The van der Waals surface area contributed by atoms with Crippen molar-refractivity contribution < 1.29 is 14.3 Å². The third kappa shape index (κ3) is 3.05. The van der Waals surface area contributed by atoms with Crippen LogP contribution < -0.4 is 5.32 Å². The van der Waals surface area contributed by atoms with E-state index in [1.165, 1.54) is 13.3 Å². The van der Waals surface area contributed by atoms with Crippen LogP contribution in [-0.2, 0) is 9.53 Å². The largest absolute Gasteiger partial charge is 0.465 e. The number of nitrogens with zero attached hydrogens (tertiary/aromatic N) is 1. The van der Waals surface area contributed by atoms with Gasteiger partial charge in [-0.25, -0.2) is 9.78 Å². The van der Waals surface area contributed by atoms with Gasteiger partial charge in [-0.15, -0.1) is 0 Å². The molecule has 0 bridgehead atoms. The number of carbonyl (C=O) groups excluding carboxylic acids is 2. The molecule has 0 unspecified atom stereocenters. The Morgan fingerprint density at radius 1 is 1.38 bits per heavy atom. The average Bonchev–Trinajstić information content (AvgIpc) is 2.28. The van der Waals surface area contributed by atoms with Gasteiger partial charge in [-0.05, 0) is 12.1 Å². The van der Waals surface area contributed by atoms with Crippen LogP contribution in [0.3, 0.4) is 0 Å². The van der Waals surface area contributed by atoms with Crippen molar-refractivity contribution in [3.8, 4) is 0 Å². The van der Waals surface area contributed by atoms with Gasteiger partial charge >= 0.3 is 5.97 Å². The van der Waals surface area contributed by atoms with Crippen LogP contribution in [0, 0.1) is 5.92 Å². The Balaban J connectivity index is 2.72. The summed E-state index contributed by atoms with van der Waals surface area (Å²) >= 11 is 0. The number of anilines is 1. The minimum absolute atomic E-state index is 0.109. The Kier molecular flexibility index (Phi) is 3.99. The predicted octanol–water partition coefficient (Wildman–Crippen LogP) is 1.46. The molecule has 0 spiro atoms. The van der Waals surface area contributed by atoms with Crippen LogP contribution >= 0.6 is 0 Å². The van der Waals surface area contributed by atoms with Gasteiger partial charge in [0.25, 0.3) is 0 Å². The second kappa shape index (κ2) is 5.25. The highest BCUT2D eigenvalue weighted by atomic mass is 16.5. The van der Waals surface area contributed by atoms with Gasteiger partial charge in [0, 0.05) is 12.1 Å². The molecule has 0 saturated carbocycles. The van der Waals surface area contributed by atoms with Crippen molar-refractivity contribution in [1.29, 1.82) is 0 Å². The smallest absolute Gasteiger partial charge is 0.339 e. The van der Waals surface area contributed by atoms with E-state index in [0.29, 0.717) is 11.4 Å². The van der Waals surface area contributed by atoms with Gasteiger partial charge in [0.2, 0.25) is 5.91 Å². The van der Waals surface area contributed by atoms with Crippen molar-refractivity contribution in [3.63, 3.8) is 0 Å². The van der Waals surface area contributed by atoms with Gasteiger partial charge in [-0.3, -0.25) is 4.79 Å². The van der Waals surface area contributed by atoms with Crippen LogP contribution in [0.1, 0.15) is 24.2 Å². The molecule has 1 rings (SSSR count). The first-order valence-electron chi connectivity index (χ1n) is 4.90. The summed E-state index contributed by atoms with van der Waals surface area (Å²) in [5, 5.41) is 2.62. The fraction of sp³-hybridized carbons (Fsp3) is 0.364. The number of carbonyl (C=O) groups is 2. The first-order chi connectivity index (χ1) is 7.54. The molecule has 1 aromatic heterocycles. The molecule has 0 atom stereocenters. The van der Waals surface area contributed by atoms with Crippen molar-refractivity contribution in [2.45, 2.75) is 13.8 Å². The lowest BCUT2D eigenvalue weighted by Gasteiger charge is -2.06. The lowest BCUT2D eigenvalue weighted by atomic mass is 10.2. The Morgan fingerprint density at radius 3 is 2.50 bits per heavy atom. The van der Waals surface area contributed by atoms with Crippen molar-refractivity contribution in [2.75, 3.05) is 12.4 Å². The Bertz CT molecular complexity index is 385. The van der Waals surface area contributed by atoms with E-state index in [2.05, 4.69) is 15.0 Å². The zero-order chi connectivity index (χ0) is 12.1. The Morgan fingerprint density at radius 2 is 2.06 bits per heavy atom. The molecular weight excluding hydrogens is 208 g/mol. The molecule has 1 amide bonds. The van der Waals surface area contributed by atoms with Crippen LogP contribution in [-0.4, -0.2) is 24.0 Å². The first-order valence-corrected chi connectivity index (χ1v) is 4.90. The van der Waals surface area contributed by atoms with Gasteiger partial charge in [-0.2, -0.15) is 0 Å². The van der Waals surface area contributed by atoms with Crippen LogP contribution in [0.2, 0.25) is 0 Å². The molecular formula is C11H14N2O3. The number of hydrogen-bond donors (Lipinski definition) is 1. The number of ether oxygens (including phenoxy) is 1. The standard InChI is InChI=1S/C11H14N2O3/c1-7(2)10(14)13-9-5-4-8(6-12-9)11(15)16-3/h4-7H,1-3H3,(H,12,13,14). The molecule has 5 heteroatoms. The highest BCUT2D eigenvalue weighted by molar-refractivity contribution is 5.92. The maximum absolute atomic E-state index is 11.3. The normalized spacial score (nSPS) is 10.0. The molecule has 0 aliphatic carbocycles. The Labute approximate surface area is 93.8 Å². The zero-order valence-corrected chi connectivity index (χ0v) is 9.48. The van der Waals surface area contributed by atoms with E-state index in [1.807, 2.05) is 0 Å². The lowest BCUT2D eigenvalue weighted by molar-refractivity contribution is -0.118. The summed E-state index contributed by atoms with van der Waals surface area (Å²) in [5.74, 6) is -0.249. The minimum Gasteiger partial charge on any atom is -0.465 e. The predicted molar refractivity (Wildman–Crippen MR) is 59.0 cm³/mol. The van der Waals surface area contributed by atoms with Crippen LogP contribution in [0.25, 0.3) is 0 Å². The van der Waals surface area contributed by atoms with Crippen molar-refractivity contribution in [3.05, 3.63) is 23.9 Å². The third-order valence-electron chi connectivity index (χ3n) is 1.96. The summed E-state index contributed by atoms with van der Waals surface area (Å²) < 4.78 is 4.53. The number of nitrogens with one attached hydrogen (secondary N) is 1. The molecule has 0 aromatic carbocycles. The molecule has 1 heterocycles. The zero-order valence-electron chi connectivity index (χ0n) is 9.48. The topological polar surface area (TPSA) is 68.3 Å². The van der Waals surface area contributed by atoms with Gasteiger partial charge in [-0.1, -0.05) is 13.8 Å².